The molecule has 4 heteroatoms. The molecule has 19 heavy (non-hydrogen) atoms. The van der Waals surface area contributed by atoms with E-state index in [1.165, 1.54) is 19.3 Å². The number of nitrogens with two attached hydrogens (primary N) is 1. The van der Waals surface area contributed by atoms with Crippen molar-refractivity contribution in [2.24, 2.45) is 11.7 Å². The van der Waals surface area contributed by atoms with E-state index < -0.39 is 0 Å². The smallest absolute Gasteiger partial charge is 0.132 e. The minimum absolute atomic E-state index is 0.555. The van der Waals surface area contributed by atoms with Gasteiger partial charge in [-0.2, -0.15) is 0 Å². The molecule has 2 rings (SSSR count). The van der Waals surface area contributed by atoms with Gasteiger partial charge in [-0.25, -0.2) is 9.97 Å². The molecular formula is C15H26N4. The average Bonchev–Trinajstić information content (AvgIpc) is 2.89. The molecule has 2 atom stereocenters. The highest BCUT2D eigenvalue weighted by atomic mass is 15.2. The molecular weight excluding hydrogens is 236 g/mol. The maximum atomic E-state index is 5.91. The Morgan fingerprint density at radius 1 is 1.32 bits per heavy atom. The standard InChI is InChI=1S/C15H26N4/c1-3-6-13-9-15(18-11-17-13)19(4-2)14-8-5-7-12(14)10-16/h9,11-12,14H,3-8,10,16H2,1-2H3. The molecule has 0 spiro atoms. The van der Waals surface area contributed by atoms with Crippen LogP contribution in [-0.2, 0) is 6.42 Å². The summed E-state index contributed by atoms with van der Waals surface area (Å²) < 4.78 is 0. The van der Waals surface area contributed by atoms with Crippen LogP contribution in [0.2, 0.25) is 0 Å². The van der Waals surface area contributed by atoms with Crippen molar-refractivity contribution in [3.05, 3.63) is 18.1 Å². The van der Waals surface area contributed by atoms with E-state index in [0.29, 0.717) is 12.0 Å². The van der Waals surface area contributed by atoms with Crippen LogP contribution in [0.4, 0.5) is 5.82 Å². The molecule has 1 saturated carbocycles. The summed E-state index contributed by atoms with van der Waals surface area (Å²) in [5, 5.41) is 0. The lowest BCUT2D eigenvalue weighted by Crippen LogP contribution is -2.41. The lowest BCUT2D eigenvalue weighted by Gasteiger charge is -2.33. The van der Waals surface area contributed by atoms with Crippen molar-refractivity contribution in [1.29, 1.82) is 0 Å². The Bertz CT molecular complexity index is 393. The van der Waals surface area contributed by atoms with Crippen LogP contribution in [0.5, 0.6) is 0 Å². The number of aromatic nitrogens is 2. The predicted octanol–water partition coefficient (Wildman–Crippen LogP) is 2.38. The third kappa shape index (κ3) is 3.24. The highest BCUT2D eigenvalue weighted by Gasteiger charge is 2.31. The zero-order valence-electron chi connectivity index (χ0n) is 12.2. The first kappa shape index (κ1) is 14.3. The van der Waals surface area contributed by atoms with Crippen LogP contribution in [0.25, 0.3) is 0 Å². The Morgan fingerprint density at radius 3 is 2.84 bits per heavy atom. The van der Waals surface area contributed by atoms with Crippen LogP contribution in [0.15, 0.2) is 12.4 Å². The van der Waals surface area contributed by atoms with Crippen molar-refractivity contribution < 1.29 is 0 Å². The second-order valence-electron chi connectivity index (χ2n) is 5.40. The van der Waals surface area contributed by atoms with E-state index in [1.54, 1.807) is 6.33 Å². The highest BCUT2D eigenvalue weighted by molar-refractivity contribution is 5.40. The van der Waals surface area contributed by atoms with Crippen molar-refractivity contribution in [1.82, 2.24) is 9.97 Å². The molecule has 1 aliphatic carbocycles. The quantitative estimate of drug-likeness (QED) is 0.855. The second-order valence-corrected chi connectivity index (χ2v) is 5.40. The maximum Gasteiger partial charge on any atom is 0.132 e. The van der Waals surface area contributed by atoms with Crippen LogP contribution >= 0.6 is 0 Å². The fourth-order valence-electron chi connectivity index (χ4n) is 3.20. The Kier molecular flexibility index (Phi) is 5.14. The molecule has 0 saturated heterocycles. The molecule has 106 valence electrons. The van der Waals surface area contributed by atoms with Gasteiger partial charge in [0.05, 0.1) is 0 Å². The third-order valence-corrected chi connectivity index (χ3v) is 4.17. The van der Waals surface area contributed by atoms with E-state index in [9.17, 15) is 0 Å². The minimum atomic E-state index is 0.555. The normalized spacial score (nSPS) is 22.7. The monoisotopic (exact) mass is 262 g/mol. The SMILES string of the molecule is CCCc1cc(N(CC)C2CCCC2CN)ncn1. The summed E-state index contributed by atoms with van der Waals surface area (Å²) in [6.45, 7) is 6.16. The molecule has 0 radical (unpaired) electrons. The zero-order valence-corrected chi connectivity index (χ0v) is 12.2. The summed E-state index contributed by atoms with van der Waals surface area (Å²) in [5.74, 6) is 1.69. The average molecular weight is 262 g/mol. The lowest BCUT2D eigenvalue weighted by atomic mass is 10.0. The molecule has 0 aliphatic heterocycles. The molecule has 1 aliphatic rings. The van der Waals surface area contributed by atoms with Gasteiger partial charge >= 0.3 is 0 Å². The van der Waals surface area contributed by atoms with Crippen LogP contribution < -0.4 is 10.6 Å². The van der Waals surface area contributed by atoms with Gasteiger partial charge in [-0.15, -0.1) is 0 Å². The van der Waals surface area contributed by atoms with Gasteiger partial charge in [0.1, 0.15) is 12.1 Å². The van der Waals surface area contributed by atoms with Gasteiger partial charge in [0, 0.05) is 24.3 Å². The van der Waals surface area contributed by atoms with Gasteiger partial charge in [0.2, 0.25) is 0 Å². The van der Waals surface area contributed by atoms with Gasteiger partial charge in [0.15, 0.2) is 0 Å². The molecule has 0 bridgehead atoms. The topological polar surface area (TPSA) is 55.0 Å². The van der Waals surface area contributed by atoms with E-state index in [2.05, 4.69) is 34.8 Å². The van der Waals surface area contributed by atoms with Gasteiger partial charge in [-0.05, 0) is 38.6 Å². The molecule has 1 aromatic rings. The molecule has 1 fully saturated rings. The summed E-state index contributed by atoms with van der Waals surface area (Å²) in [6, 6.07) is 2.71. The van der Waals surface area contributed by atoms with E-state index in [4.69, 9.17) is 5.73 Å². The molecule has 2 unspecified atom stereocenters. The number of hydrogen-bond donors (Lipinski definition) is 1. The predicted molar refractivity (Wildman–Crippen MR) is 79.2 cm³/mol. The molecule has 4 nitrogen and oxygen atoms in total. The van der Waals surface area contributed by atoms with Crippen molar-refractivity contribution in [3.8, 4) is 0 Å². The third-order valence-electron chi connectivity index (χ3n) is 4.17. The first-order valence-corrected chi connectivity index (χ1v) is 7.57. The van der Waals surface area contributed by atoms with E-state index in [1.807, 2.05) is 0 Å². The van der Waals surface area contributed by atoms with Gasteiger partial charge in [-0.1, -0.05) is 19.8 Å². The number of aryl methyl sites for hydroxylation is 1. The van der Waals surface area contributed by atoms with Crippen LogP contribution in [0, 0.1) is 5.92 Å². The van der Waals surface area contributed by atoms with E-state index in [-0.39, 0.29) is 0 Å². The number of hydrogen-bond acceptors (Lipinski definition) is 4. The fourth-order valence-corrected chi connectivity index (χ4v) is 3.20. The Labute approximate surface area is 116 Å². The van der Waals surface area contributed by atoms with Crippen LogP contribution in [0.1, 0.15) is 45.2 Å². The summed E-state index contributed by atoms with van der Waals surface area (Å²) in [6.07, 6.45) is 7.63. The molecule has 2 N–H and O–H groups in total. The zero-order chi connectivity index (χ0) is 13.7. The fraction of sp³-hybridized carbons (Fsp3) is 0.733. The number of anilines is 1. The highest BCUT2D eigenvalue weighted by Crippen LogP contribution is 2.31. The molecule has 0 amide bonds. The Balaban J connectivity index is 2.18. The first-order valence-electron chi connectivity index (χ1n) is 7.57. The molecule has 1 aromatic heterocycles. The molecule has 1 heterocycles. The van der Waals surface area contributed by atoms with Gasteiger partial charge < -0.3 is 10.6 Å². The first-order chi connectivity index (χ1) is 9.30. The van der Waals surface area contributed by atoms with Crippen molar-refractivity contribution in [3.63, 3.8) is 0 Å². The largest absolute Gasteiger partial charge is 0.353 e. The Morgan fingerprint density at radius 2 is 2.16 bits per heavy atom. The van der Waals surface area contributed by atoms with Crippen molar-refractivity contribution in [2.45, 2.75) is 52.0 Å². The second kappa shape index (κ2) is 6.85. The summed E-state index contributed by atoms with van der Waals surface area (Å²) in [7, 11) is 0. The van der Waals surface area contributed by atoms with Crippen LogP contribution in [0.3, 0.4) is 0 Å². The van der Waals surface area contributed by atoms with Crippen molar-refractivity contribution >= 4 is 5.82 Å². The number of nitrogens with zero attached hydrogens (tertiary/aromatic N) is 3. The lowest BCUT2D eigenvalue weighted by molar-refractivity contribution is 0.459. The van der Waals surface area contributed by atoms with Crippen LogP contribution in [-0.4, -0.2) is 29.1 Å². The van der Waals surface area contributed by atoms with Gasteiger partial charge in [0.25, 0.3) is 0 Å². The minimum Gasteiger partial charge on any atom is -0.353 e. The molecule has 0 aromatic carbocycles. The number of rotatable bonds is 6. The van der Waals surface area contributed by atoms with Crippen molar-refractivity contribution in [2.75, 3.05) is 18.0 Å². The van der Waals surface area contributed by atoms with E-state index >= 15 is 0 Å². The Hall–Kier alpha value is -1.16. The summed E-state index contributed by atoms with van der Waals surface area (Å²) in [5.41, 5.74) is 7.06. The van der Waals surface area contributed by atoms with E-state index in [0.717, 1.165) is 37.4 Å². The summed E-state index contributed by atoms with van der Waals surface area (Å²) >= 11 is 0. The summed E-state index contributed by atoms with van der Waals surface area (Å²) in [4.78, 5) is 11.3. The maximum absolute atomic E-state index is 5.91. The van der Waals surface area contributed by atoms with Gasteiger partial charge in [-0.3, -0.25) is 0 Å².